The zero-order valence-electron chi connectivity index (χ0n) is 11.7. The molecule has 0 unspecified atom stereocenters. The topological polar surface area (TPSA) is 72.9 Å². The van der Waals surface area contributed by atoms with Crippen LogP contribution in [0.5, 0.6) is 0 Å². The van der Waals surface area contributed by atoms with Crippen molar-refractivity contribution in [3.05, 3.63) is 18.0 Å². The Hall–Kier alpha value is -1.36. The average Bonchev–Trinajstić information content (AvgIpc) is 2.70. The van der Waals surface area contributed by atoms with E-state index < -0.39 is 0 Å². The van der Waals surface area contributed by atoms with Gasteiger partial charge in [-0.2, -0.15) is 5.10 Å². The van der Waals surface area contributed by atoms with Crippen molar-refractivity contribution in [2.45, 2.75) is 39.8 Å². The quantitative estimate of drug-likeness (QED) is 0.819. The van der Waals surface area contributed by atoms with Crippen molar-refractivity contribution in [2.75, 3.05) is 0 Å². The lowest BCUT2D eigenvalue weighted by Crippen LogP contribution is -2.76. The largest absolute Gasteiger partial charge is 0.347 e. The van der Waals surface area contributed by atoms with Crippen molar-refractivity contribution in [1.29, 1.82) is 0 Å². The van der Waals surface area contributed by atoms with E-state index in [1.165, 1.54) is 0 Å². The summed E-state index contributed by atoms with van der Waals surface area (Å²) in [6.45, 7) is 8.38. The summed E-state index contributed by atoms with van der Waals surface area (Å²) in [5.41, 5.74) is 6.58. The SMILES string of the molecule is Cn1nccc1C(=O)NC1C(C)(C)C(N)C1(C)C. The van der Waals surface area contributed by atoms with Crippen molar-refractivity contribution >= 4 is 5.91 Å². The Morgan fingerprint density at radius 2 is 1.94 bits per heavy atom. The van der Waals surface area contributed by atoms with E-state index in [4.69, 9.17) is 5.73 Å². The van der Waals surface area contributed by atoms with Crippen LogP contribution in [0.4, 0.5) is 0 Å². The maximum absolute atomic E-state index is 12.2. The third-order valence-corrected chi connectivity index (χ3v) is 4.42. The van der Waals surface area contributed by atoms with Gasteiger partial charge in [0.2, 0.25) is 0 Å². The van der Waals surface area contributed by atoms with Crippen LogP contribution in [-0.2, 0) is 7.05 Å². The van der Waals surface area contributed by atoms with Crippen molar-refractivity contribution in [3.8, 4) is 0 Å². The van der Waals surface area contributed by atoms with Gasteiger partial charge in [0.1, 0.15) is 5.69 Å². The molecule has 0 saturated heterocycles. The number of aromatic nitrogens is 2. The van der Waals surface area contributed by atoms with Gasteiger partial charge in [-0.1, -0.05) is 27.7 Å². The Balaban J connectivity index is 2.16. The van der Waals surface area contributed by atoms with E-state index in [-0.39, 0.29) is 28.8 Å². The van der Waals surface area contributed by atoms with Crippen LogP contribution in [0.1, 0.15) is 38.2 Å². The highest BCUT2D eigenvalue weighted by molar-refractivity contribution is 5.92. The predicted molar refractivity (Wildman–Crippen MR) is 70.0 cm³/mol. The van der Waals surface area contributed by atoms with Crippen LogP contribution in [0.15, 0.2) is 12.3 Å². The fourth-order valence-corrected chi connectivity index (χ4v) is 3.35. The van der Waals surface area contributed by atoms with E-state index in [0.717, 1.165) is 0 Å². The van der Waals surface area contributed by atoms with E-state index in [0.29, 0.717) is 5.69 Å². The molecule has 2 rings (SSSR count). The van der Waals surface area contributed by atoms with Crippen LogP contribution >= 0.6 is 0 Å². The molecule has 1 heterocycles. The fourth-order valence-electron chi connectivity index (χ4n) is 3.35. The van der Waals surface area contributed by atoms with Gasteiger partial charge >= 0.3 is 0 Å². The number of nitrogens with two attached hydrogens (primary N) is 1. The average molecular weight is 250 g/mol. The van der Waals surface area contributed by atoms with Crippen molar-refractivity contribution in [3.63, 3.8) is 0 Å². The van der Waals surface area contributed by atoms with Gasteiger partial charge < -0.3 is 11.1 Å². The Labute approximate surface area is 108 Å². The maximum atomic E-state index is 12.2. The van der Waals surface area contributed by atoms with E-state index >= 15 is 0 Å². The van der Waals surface area contributed by atoms with Crippen molar-refractivity contribution < 1.29 is 4.79 Å². The van der Waals surface area contributed by atoms with E-state index in [1.54, 1.807) is 24.0 Å². The molecule has 0 spiro atoms. The first-order valence-electron chi connectivity index (χ1n) is 6.23. The number of aryl methyl sites for hydroxylation is 1. The van der Waals surface area contributed by atoms with Crippen molar-refractivity contribution in [2.24, 2.45) is 23.6 Å². The minimum atomic E-state index is -0.0898. The molecule has 1 saturated carbocycles. The number of hydrogen-bond donors (Lipinski definition) is 2. The first-order valence-corrected chi connectivity index (χ1v) is 6.23. The molecule has 1 aliphatic rings. The molecule has 1 fully saturated rings. The highest BCUT2D eigenvalue weighted by atomic mass is 16.2. The van der Waals surface area contributed by atoms with Crippen LogP contribution in [0, 0.1) is 10.8 Å². The third-order valence-electron chi connectivity index (χ3n) is 4.42. The highest BCUT2D eigenvalue weighted by Gasteiger charge is 2.60. The van der Waals surface area contributed by atoms with E-state index in [2.05, 4.69) is 38.1 Å². The molecule has 100 valence electrons. The minimum absolute atomic E-state index is 0.0717. The predicted octanol–water partition coefficient (Wildman–Crippen LogP) is 0.912. The summed E-state index contributed by atoms with van der Waals surface area (Å²) in [6.07, 6.45) is 1.62. The van der Waals surface area contributed by atoms with Crippen LogP contribution in [0.3, 0.4) is 0 Å². The Kier molecular flexibility index (Phi) is 2.77. The number of nitrogens with one attached hydrogen (secondary N) is 1. The van der Waals surface area contributed by atoms with Gasteiger partial charge in [-0.05, 0) is 6.07 Å². The van der Waals surface area contributed by atoms with Crippen molar-refractivity contribution in [1.82, 2.24) is 15.1 Å². The van der Waals surface area contributed by atoms with Gasteiger partial charge in [-0.25, -0.2) is 0 Å². The van der Waals surface area contributed by atoms with E-state index in [1.807, 2.05) is 0 Å². The minimum Gasteiger partial charge on any atom is -0.347 e. The fraction of sp³-hybridized carbons (Fsp3) is 0.692. The number of rotatable bonds is 2. The van der Waals surface area contributed by atoms with Gasteiger partial charge in [0, 0.05) is 36.2 Å². The molecule has 1 aromatic heterocycles. The van der Waals surface area contributed by atoms with Gasteiger partial charge in [0.25, 0.3) is 5.91 Å². The Morgan fingerprint density at radius 3 is 2.39 bits per heavy atom. The number of carbonyl (C=O) groups is 1. The maximum Gasteiger partial charge on any atom is 0.269 e. The zero-order chi connectivity index (χ0) is 13.7. The zero-order valence-corrected chi connectivity index (χ0v) is 11.7. The molecule has 18 heavy (non-hydrogen) atoms. The smallest absolute Gasteiger partial charge is 0.269 e. The lowest BCUT2D eigenvalue weighted by molar-refractivity contribution is -0.0664. The number of amides is 1. The molecule has 3 N–H and O–H groups in total. The molecular formula is C13H22N4O. The van der Waals surface area contributed by atoms with Crippen LogP contribution in [0.2, 0.25) is 0 Å². The second kappa shape index (κ2) is 3.82. The molecule has 5 heteroatoms. The van der Waals surface area contributed by atoms with Crippen LogP contribution in [-0.4, -0.2) is 27.8 Å². The summed E-state index contributed by atoms with van der Waals surface area (Å²) in [6, 6.07) is 1.87. The molecule has 0 radical (unpaired) electrons. The summed E-state index contributed by atoms with van der Waals surface area (Å²) in [5.74, 6) is -0.0898. The summed E-state index contributed by atoms with van der Waals surface area (Å²) in [5, 5.41) is 7.10. The standard InChI is InChI=1S/C13H22N4O/c1-12(2)10(14)13(3,4)11(12)16-9(18)8-6-7-15-17(8)5/h6-7,10-11H,14H2,1-5H3,(H,16,18). The number of carbonyl (C=O) groups excluding carboxylic acids is 1. The first-order chi connectivity index (χ1) is 8.19. The molecule has 1 aromatic rings. The Bertz CT molecular complexity index is 459. The second-order valence-electron chi connectivity index (χ2n) is 6.37. The van der Waals surface area contributed by atoms with Crippen LogP contribution in [0.25, 0.3) is 0 Å². The molecule has 0 aliphatic heterocycles. The Morgan fingerprint density at radius 1 is 1.39 bits per heavy atom. The molecule has 0 bridgehead atoms. The molecule has 0 aromatic carbocycles. The molecule has 1 amide bonds. The molecular weight excluding hydrogens is 228 g/mol. The lowest BCUT2D eigenvalue weighted by Gasteiger charge is -2.62. The van der Waals surface area contributed by atoms with Crippen LogP contribution < -0.4 is 11.1 Å². The van der Waals surface area contributed by atoms with Gasteiger partial charge in [-0.3, -0.25) is 9.48 Å². The molecule has 1 aliphatic carbocycles. The van der Waals surface area contributed by atoms with Gasteiger partial charge in [0.05, 0.1) is 0 Å². The summed E-state index contributed by atoms with van der Waals surface area (Å²) in [4.78, 5) is 12.2. The van der Waals surface area contributed by atoms with Gasteiger partial charge in [0.15, 0.2) is 0 Å². The summed E-state index contributed by atoms with van der Waals surface area (Å²) in [7, 11) is 1.76. The molecule has 5 nitrogen and oxygen atoms in total. The normalized spacial score (nSPS) is 28.6. The van der Waals surface area contributed by atoms with E-state index in [9.17, 15) is 4.79 Å². The molecule has 0 atom stereocenters. The lowest BCUT2D eigenvalue weighted by atomic mass is 9.48. The number of hydrogen-bond acceptors (Lipinski definition) is 3. The monoisotopic (exact) mass is 250 g/mol. The number of nitrogens with zero attached hydrogens (tertiary/aromatic N) is 2. The highest BCUT2D eigenvalue weighted by Crippen LogP contribution is 2.52. The third kappa shape index (κ3) is 1.65. The summed E-state index contributed by atoms with van der Waals surface area (Å²) < 4.78 is 1.58. The second-order valence-corrected chi connectivity index (χ2v) is 6.37. The first kappa shape index (κ1) is 13.1. The summed E-state index contributed by atoms with van der Waals surface area (Å²) >= 11 is 0. The van der Waals surface area contributed by atoms with Gasteiger partial charge in [-0.15, -0.1) is 0 Å².